The summed E-state index contributed by atoms with van der Waals surface area (Å²) in [6.45, 7) is 3.31. The minimum absolute atomic E-state index is 0.0216. The lowest BCUT2D eigenvalue weighted by Gasteiger charge is -2.29. The summed E-state index contributed by atoms with van der Waals surface area (Å²) < 4.78 is 1.37. The van der Waals surface area contributed by atoms with Gasteiger partial charge in [-0.3, -0.25) is 9.59 Å². The number of nitrogens with zero attached hydrogens (tertiary/aromatic N) is 3. The predicted molar refractivity (Wildman–Crippen MR) is 104 cm³/mol. The van der Waals surface area contributed by atoms with Gasteiger partial charge in [0.05, 0.1) is 10.3 Å². The van der Waals surface area contributed by atoms with Crippen LogP contribution >= 0.6 is 11.3 Å². The molecular formula is C20H21N3O2S. The van der Waals surface area contributed by atoms with Crippen molar-refractivity contribution in [2.24, 2.45) is 0 Å². The number of amides is 1. The molecule has 1 aromatic carbocycles. The molecule has 5 nitrogen and oxygen atoms in total. The van der Waals surface area contributed by atoms with Crippen molar-refractivity contribution in [1.82, 2.24) is 14.7 Å². The van der Waals surface area contributed by atoms with E-state index in [1.54, 1.807) is 18.3 Å². The molecule has 1 aliphatic rings. The Morgan fingerprint density at radius 3 is 2.50 bits per heavy atom. The monoisotopic (exact) mass is 367 g/mol. The lowest BCUT2D eigenvalue weighted by molar-refractivity contribution is -0.135. The average molecular weight is 367 g/mol. The molecule has 0 bridgehead atoms. The smallest absolute Gasteiger partial charge is 0.275 e. The standard InChI is InChI=1S/C20H21N3O2S/c1-14(19(24)22-11-5-2-6-12-22)23-20(25)16-9-4-3-8-15(16)18(21-23)17-10-7-13-26-17/h3-4,7-10,13-14H,2,5-6,11-12H2,1H3/t14-/m0/s1. The highest BCUT2D eigenvalue weighted by Gasteiger charge is 2.26. The van der Waals surface area contributed by atoms with Crippen molar-refractivity contribution >= 4 is 28.0 Å². The maximum absolute atomic E-state index is 13.0. The SMILES string of the molecule is C[C@@H](C(=O)N1CCCCC1)n1nc(-c2cccs2)c2ccccc2c1=O. The van der Waals surface area contributed by atoms with Crippen LogP contribution in [-0.2, 0) is 4.79 Å². The quantitative estimate of drug-likeness (QED) is 0.709. The highest BCUT2D eigenvalue weighted by Crippen LogP contribution is 2.29. The maximum atomic E-state index is 13.0. The van der Waals surface area contributed by atoms with Crippen LogP contribution in [-0.4, -0.2) is 33.7 Å². The Kier molecular flexibility index (Phi) is 4.59. The molecule has 26 heavy (non-hydrogen) atoms. The van der Waals surface area contributed by atoms with Gasteiger partial charge in [-0.2, -0.15) is 5.10 Å². The van der Waals surface area contributed by atoms with Gasteiger partial charge in [-0.1, -0.05) is 24.3 Å². The molecule has 1 amide bonds. The Morgan fingerprint density at radius 2 is 1.81 bits per heavy atom. The number of carbonyl (C=O) groups is 1. The van der Waals surface area contributed by atoms with Crippen LogP contribution in [0.5, 0.6) is 0 Å². The number of hydrogen-bond acceptors (Lipinski definition) is 4. The summed E-state index contributed by atoms with van der Waals surface area (Å²) in [6.07, 6.45) is 3.22. The molecule has 3 heterocycles. The van der Waals surface area contributed by atoms with Crippen LogP contribution < -0.4 is 5.56 Å². The summed E-state index contributed by atoms with van der Waals surface area (Å²) in [4.78, 5) is 28.8. The first kappa shape index (κ1) is 17.0. The molecule has 3 aromatic rings. The molecular weight excluding hydrogens is 346 g/mol. The van der Waals surface area contributed by atoms with Gasteiger partial charge in [-0.25, -0.2) is 4.68 Å². The van der Waals surface area contributed by atoms with Crippen molar-refractivity contribution in [2.45, 2.75) is 32.2 Å². The summed E-state index contributed by atoms with van der Waals surface area (Å²) in [5.74, 6) is -0.0216. The van der Waals surface area contributed by atoms with E-state index in [9.17, 15) is 9.59 Å². The van der Waals surface area contributed by atoms with E-state index < -0.39 is 6.04 Å². The summed E-state index contributed by atoms with van der Waals surface area (Å²) in [5, 5.41) is 8.04. The van der Waals surface area contributed by atoms with E-state index in [-0.39, 0.29) is 11.5 Å². The fourth-order valence-corrected chi connectivity index (χ4v) is 4.27. The molecule has 0 spiro atoms. The van der Waals surface area contributed by atoms with E-state index in [2.05, 4.69) is 5.10 Å². The Morgan fingerprint density at radius 1 is 1.08 bits per heavy atom. The number of fused-ring (bicyclic) bond motifs is 1. The number of likely N-dealkylation sites (tertiary alicyclic amines) is 1. The highest BCUT2D eigenvalue weighted by molar-refractivity contribution is 7.13. The molecule has 1 saturated heterocycles. The van der Waals surface area contributed by atoms with E-state index in [1.165, 1.54) is 4.68 Å². The molecule has 1 fully saturated rings. The zero-order valence-electron chi connectivity index (χ0n) is 14.7. The lowest BCUT2D eigenvalue weighted by atomic mass is 10.1. The molecule has 0 radical (unpaired) electrons. The first-order valence-electron chi connectivity index (χ1n) is 9.01. The van der Waals surface area contributed by atoms with E-state index >= 15 is 0 Å². The van der Waals surface area contributed by atoms with Crippen molar-refractivity contribution in [3.63, 3.8) is 0 Å². The molecule has 0 N–H and O–H groups in total. The second kappa shape index (κ2) is 7.03. The fraction of sp³-hybridized carbons (Fsp3) is 0.350. The second-order valence-corrected chi connectivity index (χ2v) is 7.63. The minimum Gasteiger partial charge on any atom is -0.341 e. The number of aromatic nitrogens is 2. The van der Waals surface area contributed by atoms with Crippen LogP contribution in [0.15, 0.2) is 46.6 Å². The van der Waals surface area contributed by atoms with Gasteiger partial charge in [0.2, 0.25) is 5.91 Å². The molecule has 1 atom stereocenters. The molecule has 6 heteroatoms. The largest absolute Gasteiger partial charge is 0.341 e. The normalized spacial score (nSPS) is 16.0. The third-order valence-electron chi connectivity index (χ3n) is 4.97. The summed E-state index contributed by atoms with van der Waals surface area (Å²) in [5.41, 5.74) is 0.548. The molecule has 134 valence electrons. The molecule has 0 unspecified atom stereocenters. The van der Waals surface area contributed by atoms with Gasteiger partial charge in [0.1, 0.15) is 11.7 Å². The van der Waals surface area contributed by atoms with E-state index in [0.717, 1.165) is 48.3 Å². The van der Waals surface area contributed by atoms with Gasteiger partial charge >= 0.3 is 0 Å². The van der Waals surface area contributed by atoms with Gasteiger partial charge in [0, 0.05) is 18.5 Å². The lowest BCUT2D eigenvalue weighted by Crippen LogP contribution is -2.42. The van der Waals surface area contributed by atoms with Crippen LogP contribution in [0.3, 0.4) is 0 Å². The molecule has 4 rings (SSSR count). The zero-order chi connectivity index (χ0) is 18.1. The van der Waals surface area contributed by atoms with Crippen molar-refractivity contribution in [2.75, 3.05) is 13.1 Å². The summed E-state index contributed by atoms with van der Waals surface area (Å²) in [6, 6.07) is 10.8. The molecule has 0 saturated carbocycles. The predicted octanol–water partition coefficient (Wildman–Crippen LogP) is 3.70. The van der Waals surface area contributed by atoms with Gasteiger partial charge in [-0.05, 0) is 43.7 Å². The Labute approximate surface area is 155 Å². The number of thiophene rings is 1. The van der Waals surface area contributed by atoms with Gasteiger partial charge in [0.15, 0.2) is 0 Å². The third-order valence-corrected chi connectivity index (χ3v) is 5.85. The molecule has 0 aliphatic carbocycles. The van der Waals surface area contributed by atoms with Gasteiger partial charge in [0.25, 0.3) is 5.56 Å². The van der Waals surface area contributed by atoms with Crippen LogP contribution in [0.1, 0.15) is 32.2 Å². The fourth-order valence-electron chi connectivity index (χ4n) is 3.55. The molecule has 1 aliphatic heterocycles. The van der Waals surface area contributed by atoms with Crippen LogP contribution in [0.4, 0.5) is 0 Å². The Bertz CT molecular complexity index is 988. The van der Waals surface area contributed by atoms with Crippen molar-refractivity contribution < 1.29 is 4.79 Å². The summed E-state index contributed by atoms with van der Waals surface area (Å²) in [7, 11) is 0. The van der Waals surface area contributed by atoms with Crippen molar-refractivity contribution in [3.05, 3.63) is 52.1 Å². The van der Waals surface area contributed by atoms with Crippen molar-refractivity contribution in [1.29, 1.82) is 0 Å². The third kappa shape index (κ3) is 2.94. The van der Waals surface area contributed by atoms with Crippen LogP contribution in [0.2, 0.25) is 0 Å². The summed E-state index contributed by atoms with van der Waals surface area (Å²) >= 11 is 1.58. The number of carbonyl (C=O) groups excluding carboxylic acids is 1. The minimum atomic E-state index is -0.607. The maximum Gasteiger partial charge on any atom is 0.275 e. The Balaban J connectivity index is 1.83. The first-order chi connectivity index (χ1) is 12.7. The number of benzene rings is 1. The van der Waals surface area contributed by atoms with Crippen molar-refractivity contribution in [3.8, 4) is 10.6 Å². The van der Waals surface area contributed by atoms with E-state index in [4.69, 9.17) is 0 Å². The first-order valence-corrected chi connectivity index (χ1v) is 9.89. The number of hydrogen-bond donors (Lipinski definition) is 0. The van der Waals surface area contributed by atoms with E-state index in [1.807, 2.05) is 46.7 Å². The van der Waals surface area contributed by atoms with Gasteiger partial charge < -0.3 is 4.90 Å². The van der Waals surface area contributed by atoms with Gasteiger partial charge in [-0.15, -0.1) is 11.3 Å². The number of rotatable bonds is 3. The van der Waals surface area contributed by atoms with Crippen LogP contribution in [0.25, 0.3) is 21.3 Å². The molecule has 2 aromatic heterocycles. The Hall–Kier alpha value is -2.47. The van der Waals surface area contributed by atoms with Crippen LogP contribution in [0, 0.1) is 0 Å². The number of piperidine rings is 1. The second-order valence-electron chi connectivity index (χ2n) is 6.68. The average Bonchev–Trinajstić information content (AvgIpc) is 3.23. The topological polar surface area (TPSA) is 55.2 Å². The highest BCUT2D eigenvalue weighted by atomic mass is 32.1. The van der Waals surface area contributed by atoms with E-state index in [0.29, 0.717) is 5.39 Å². The zero-order valence-corrected chi connectivity index (χ0v) is 15.5.